The van der Waals surface area contributed by atoms with Crippen molar-refractivity contribution in [2.75, 3.05) is 51.3 Å². The van der Waals surface area contributed by atoms with Crippen LogP contribution >= 0.6 is 0 Å². The van der Waals surface area contributed by atoms with Crippen molar-refractivity contribution >= 4 is 11.6 Å². The van der Waals surface area contributed by atoms with E-state index in [1.54, 1.807) is 7.11 Å². The molecule has 0 bridgehead atoms. The lowest BCUT2D eigenvalue weighted by molar-refractivity contribution is -0.126. The van der Waals surface area contributed by atoms with Crippen LogP contribution in [-0.2, 0) is 9.53 Å². The van der Waals surface area contributed by atoms with Gasteiger partial charge in [0.1, 0.15) is 0 Å². The minimum absolute atomic E-state index is 0.0846. The summed E-state index contributed by atoms with van der Waals surface area (Å²) in [4.78, 5) is 16.8. The Bertz CT molecular complexity index is 485. The first-order valence-electron chi connectivity index (χ1n) is 7.94. The Kier molecular flexibility index (Phi) is 6.21. The number of carbonyl (C=O) groups is 1. The summed E-state index contributed by atoms with van der Waals surface area (Å²) in [5.41, 5.74) is 2.61. The van der Waals surface area contributed by atoms with Gasteiger partial charge in [-0.3, -0.25) is 9.69 Å². The summed E-state index contributed by atoms with van der Waals surface area (Å²) < 4.78 is 4.96. The zero-order valence-corrected chi connectivity index (χ0v) is 13.8. The largest absolute Gasteiger partial charge is 0.383 e. The number of carbonyl (C=O) groups excluding carboxylic acids is 1. The van der Waals surface area contributed by atoms with Crippen molar-refractivity contribution in [3.63, 3.8) is 0 Å². The number of hydrogen-bond acceptors (Lipinski definition) is 4. The van der Waals surface area contributed by atoms with Crippen LogP contribution in [0.4, 0.5) is 5.69 Å². The third-order valence-electron chi connectivity index (χ3n) is 4.30. The molecule has 1 saturated heterocycles. The van der Waals surface area contributed by atoms with Crippen LogP contribution in [0.15, 0.2) is 24.3 Å². The van der Waals surface area contributed by atoms with Gasteiger partial charge in [-0.25, -0.2) is 0 Å². The predicted molar refractivity (Wildman–Crippen MR) is 89.3 cm³/mol. The second kappa shape index (κ2) is 8.15. The van der Waals surface area contributed by atoms with Crippen molar-refractivity contribution in [3.05, 3.63) is 29.8 Å². The van der Waals surface area contributed by atoms with Crippen molar-refractivity contribution in [1.82, 2.24) is 10.2 Å². The molecule has 1 N–H and O–H groups in total. The molecule has 0 unspecified atom stereocenters. The number of hydrogen-bond donors (Lipinski definition) is 1. The van der Waals surface area contributed by atoms with Gasteiger partial charge in [-0.05, 0) is 25.5 Å². The molecule has 1 aliphatic rings. The molecule has 0 saturated carbocycles. The van der Waals surface area contributed by atoms with E-state index in [4.69, 9.17) is 4.74 Å². The summed E-state index contributed by atoms with van der Waals surface area (Å²) in [5, 5.41) is 2.91. The number of nitrogens with zero attached hydrogens (tertiary/aromatic N) is 2. The van der Waals surface area contributed by atoms with Crippen LogP contribution in [0.1, 0.15) is 12.5 Å². The monoisotopic (exact) mass is 305 g/mol. The number of aryl methyl sites for hydroxylation is 1. The Morgan fingerprint density at radius 3 is 2.59 bits per heavy atom. The molecule has 1 amide bonds. The minimum Gasteiger partial charge on any atom is -0.383 e. The number of amides is 1. The molecule has 1 aromatic carbocycles. The van der Waals surface area contributed by atoms with Crippen molar-refractivity contribution in [2.45, 2.75) is 19.9 Å². The molecule has 1 fully saturated rings. The fraction of sp³-hybridized carbons (Fsp3) is 0.588. The van der Waals surface area contributed by atoms with Crippen LogP contribution in [0, 0.1) is 6.92 Å². The molecule has 1 atom stereocenters. The van der Waals surface area contributed by atoms with E-state index in [1.807, 2.05) is 6.92 Å². The summed E-state index contributed by atoms with van der Waals surface area (Å²) in [6, 6.07) is 8.39. The topological polar surface area (TPSA) is 44.8 Å². The number of benzene rings is 1. The van der Waals surface area contributed by atoms with Gasteiger partial charge in [0.05, 0.1) is 12.6 Å². The highest BCUT2D eigenvalue weighted by atomic mass is 16.5. The number of methoxy groups -OCH3 is 1. The molecule has 22 heavy (non-hydrogen) atoms. The van der Waals surface area contributed by atoms with Crippen molar-refractivity contribution in [2.24, 2.45) is 0 Å². The van der Waals surface area contributed by atoms with E-state index in [-0.39, 0.29) is 11.9 Å². The number of rotatable bonds is 6. The van der Waals surface area contributed by atoms with E-state index in [9.17, 15) is 4.79 Å². The van der Waals surface area contributed by atoms with Gasteiger partial charge in [0.25, 0.3) is 0 Å². The first kappa shape index (κ1) is 16.8. The van der Waals surface area contributed by atoms with E-state index in [1.165, 1.54) is 11.3 Å². The maximum atomic E-state index is 12.1. The summed E-state index contributed by atoms with van der Waals surface area (Å²) in [6.45, 7) is 8.99. The lowest BCUT2D eigenvalue weighted by Gasteiger charge is -2.39. The Balaban J connectivity index is 1.84. The predicted octanol–water partition coefficient (Wildman–Crippen LogP) is 1.27. The molecule has 0 radical (unpaired) electrons. The van der Waals surface area contributed by atoms with Crippen LogP contribution in [0.5, 0.6) is 0 Å². The fourth-order valence-electron chi connectivity index (χ4n) is 2.86. The Labute approximate surface area is 133 Å². The molecule has 1 aliphatic heterocycles. The quantitative estimate of drug-likeness (QED) is 0.804. The normalized spacial score (nSPS) is 17.3. The second-order valence-corrected chi connectivity index (χ2v) is 5.77. The third kappa shape index (κ3) is 4.21. The van der Waals surface area contributed by atoms with Gasteiger partial charge in [0.15, 0.2) is 0 Å². The smallest absolute Gasteiger partial charge is 0.237 e. The third-order valence-corrected chi connectivity index (χ3v) is 4.30. The van der Waals surface area contributed by atoms with E-state index in [0.29, 0.717) is 13.2 Å². The van der Waals surface area contributed by atoms with Gasteiger partial charge in [0, 0.05) is 45.5 Å². The highest BCUT2D eigenvalue weighted by Crippen LogP contribution is 2.21. The molecule has 2 rings (SSSR count). The van der Waals surface area contributed by atoms with Gasteiger partial charge >= 0.3 is 0 Å². The number of para-hydroxylation sites is 1. The van der Waals surface area contributed by atoms with E-state index < -0.39 is 0 Å². The Hall–Kier alpha value is -1.59. The van der Waals surface area contributed by atoms with Crippen LogP contribution in [0.2, 0.25) is 0 Å². The van der Waals surface area contributed by atoms with Crippen LogP contribution in [-0.4, -0.2) is 63.3 Å². The van der Waals surface area contributed by atoms with Gasteiger partial charge in [0.2, 0.25) is 5.91 Å². The van der Waals surface area contributed by atoms with E-state index in [2.05, 4.69) is 46.3 Å². The zero-order valence-electron chi connectivity index (χ0n) is 13.8. The molecular formula is C17H27N3O2. The average molecular weight is 305 g/mol. The van der Waals surface area contributed by atoms with Crippen molar-refractivity contribution < 1.29 is 9.53 Å². The Morgan fingerprint density at radius 2 is 1.95 bits per heavy atom. The van der Waals surface area contributed by atoms with Crippen molar-refractivity contribution in [1.29, 1.82) is 0 Å². The summed E-state index contributed by atoms with van der Waals surface area (Å²) in [5.74, 6) is 0.0846. The molecule has 1 heterocycles. The molecule has 5 heteroatoms. The van der Waals surface area contributed by atoms with Gasteiger partial charge in [-0.15, -0.1) is 0 Å². The average Bonchev–Trinajstić information content (AvgIpc) is 2.55. The van der Waals surface area contributed by atoms with Gasteiger partial charge < -0.3 is 15.0 Å². The number of anilines is 1. The summed E-state index contributed by atoms with van der Waals surface area (Å²) in [7, 11) is 1.64. The van der Waals surface area contributed by atoms with Crippen molar-refractivity contribution in [3.8, 4) is 0 Å². The number of piperazine rings is 1. The zero-order chi connectivity index (χ0) is 15.9. The van der Waals surface area contributed by atoms with Crippen LogP contribution < -0.4 is 10.2 Å². The highest BCUT2D eigenvalue weighted by Gasteiger charge is 2.25. The molecule has 5 nitrogen and oxygen atoms in total. The number of nitrogens with one attached hydrogen (secondary N) is 1. The van der Waals surface area contributed by atoms with Crippen LogP contribution in [0.3, 0.4) is 0 Å². The second-order valence-electron chi connectivity index (χ2n) is 5.77. The summed E-state index contributed by atoms with van der Waals surface area (Å²) >= 11 is 0. The van der Waals surface area contributed by atoms with Gasteiger partial charge in [-0.2, -0.15) is 0 Å². The first-order chi connectivity index (χ1) is 10.6. The molecule has 1 aromatic rings. The van der Waals surface area contributed by atoms with Gasteiger partial charge in [-0.1, -0.05) is 18.2 Å². The maximum Gasteiger partial charge on any atom is 0.237 e. The first-order valence-corrected chi connectivity index (χ1v) is 7.94. The maximum absolute atomic E-state index is 12.1. The summed E-state index contributed by atoms with van der Waals surface area (Å²) in [6.07, 6.45) is 0. The lowest BCUT2D eigenvalue weighted by Crippen LogP contribution is -2.54. The minimum atomic E-state index is -0.0872. The van der Waals surface area contributed by atoms with Crippen LogP contribution in [0.25, 0.3) is 0 Å². The van der Waals surface area contributed by atoms with E-state index >= 15 is 0 Å². The number of ether oxygens (including phenoxy) is 1. The Morgan fingerprint density at radius 1 is 1.27 bits per heavy atom. The molecule has 0 aromatic heterocycles. The standard InChI is InChI=1S/C17H27N3O2/c1-14-6-4-5-7-16(14)20-11-9-19(10-12-20)15(2)17(21)18-8-13-22-3/h4-7,15H,8-13H2,1-3H3,(H,18,21)/t15-/m0/s1. The fourth-order valence-corrected chi connectivity index (χ4v) is 2.86. The molecule has 122 valence electrons. The molecular weight excluding hydrogens is 278 g/mol. The van der Waals surface area contributed by atoms with E-state index in [0.717, 1.165) is 26.2 Å². The lowest BCUT2D eigenvalue weighted by atomic mass is 10.1. The SMILES string of the molecule is COCCNC(=O)[C@H](C)N1CCN(c2ccccc2C)CC1. The highest BCUT2D eigenvalue weighted by molar-refractivity contribution is 5.81. The molecule has 0 aliphatic carbocycles. The molecule has 0 spiro atoms.